The zero-order valence-corrected chi connectivity index (χ0v) is 14.2. The molecule has 0 saturated carbocycles. The zero-order chi connectivity index (χ0) is 19.1. The number of rotatable bonds is 5. The van der Waals surface area contributed by atoms with Crippen molar-refractivity contribution in [2.75, 3.05) is 24.8 Å². The minimum Gasteiger partial charge on any atom is -0.496 e. The minimum atomic E-state index is -0.871. The fourth-order valence-electron chi connectivity index (χ4n) is 2.24. The van der Waals surface area contributed by atoms with Crippen LogP contribution in [-0.4, -0.2) is 25.9 Å². The molecule has 2 aromatic carbocycles. The average molecular weight is 360 g/mol. The molecule has 2 aromatic rings. The van der Waals surface area contributed by atoms with E-state index in [4.69, 9.17) is 10.5 Å². The number of amides is 2. The Morgan fingerprint density at radius 2 is 1.96 bits per heavy atom. The lowest BCUT2D eigenvalue weighted by Gasteiger charge is -2.12. The van der Waals surface area contributed by atoms with Gasteiger partial charge < -0.3 is 21.1 Å². The Kier molecular flexibility index (Phi) is 6.26. The number of aliphatic imine (C=N–C) groups is 1. The van der Waals surface area contributed by atoms with Gasteiger partial charge in [-0.15, -0.1) is 0 Å². The van der Waals surface area contributed by atoms with Crippen LogP contribution in [0.2, 0.25) is 0 Å². The van der Waals surface area contributed by atoms with Gasteiger partial charge in [-0.2, -0.15) is 0 Å². The Morgan fingerprint density at radius 3 is 2.58 bits per heavy atom. The molecule has 2 amide bonds. The number of nitrogens with one attached hydrogen (secondary N) is 2. The van der Waals surface area contributed by atoms with Crippen molar-refractivity contribution in [3.63, 3.8) is 0 Å². The fraction of sp³-hybridized carbons (Fsp3) is 0.111. The first-order valence-corrected chi connectivity index (χ1v) is 7.55. The quantitative estimate of drug-likeness (QED) is 0.713. The lowest BCUT2D eigenvalue weighted by molar-refractivity contribution is 0.262. The van der Waals surface area contributed by atoms with Crippen LogP contribution in [0.1, 0.15) is 5.56 Å². The molecule has 0 unspecified atom stereocenters. The summed E-state index contributed by atoms with van der Waals surface area (Å²) in [5.41, 5.74) is 6.87. The first kappa shape index (κ1) is 18.9. The number of anilines is 2. The van der Waals surface area contributed by atoms with Crippen LogP contribution in [0.4, 0.5) is 25.0 Å². The van der Waals surface area contributed by atoms with Gasteiger partial charge in [0.25, 0.3) is 0 Å². The molecule has 0 radical (unpaired) electrons. The molecule has 0 aromatic heterocycles. The molecule has 0 aliphatic carbocycles. The van der Waals surface area contributed by atoms with Gasteiger partial charge in [-0.05, 0) is 42.6 Å². The fourth-order valence-corrected chi connectivity index (χ4v) is 2.24. The Labute approximate surface area is 149 Å². The van der Waals surface area contributed by atoms with Gasteiger partial charge in [0.2, 0.25) is 0 Å². The summed E-state index contributed by atoms with van der Waals surface area (Å²) >= 11 is 0. The van der Waals surface area contributed by atoms with Crippen LogP contribution >= 0.6 is 0 Å². The molecule has 0 bridgehead atoms. The Hall–Kier alpha value is -3.42. The highest BCUT2D eigenvalue weighted by Crippen LogP contribution is 2.24. The Bertz CT molecular complexity index is 866. The molecule has 26 heavy (non-hydrogen) atoms. The van der Waals surface area contributed by atoms with Crippen LogP contribution < -0.4 is 21.1 Å². The number of benzene rings is 2. The van der Waals surface area contributed by atoms with Crippen molar-refractivity contribution in [2.45, 2.75) is 0 Å². The standard InChI is InChI=1S/C18H18F2N4O2/c1-22-15(7-8-21)13-10-12(4-6-17(13)26-2)23-18(25)24-16-5-3-11(19)9-14(16)20/h3-10H,21H2,1-2H3,(H2,23,24,25). The first-order valence-electron chi connectivity index (χ1n) is 7.55. The highest BCUT2D eigenvalue weighted by atomic mass is 19.1. The summed E-state index contributed by atoms with van der Waals surface area (Å²) < 4.78 is 31.8. The van der Waals surface area contributed by atoms with E-state index in [1.165, 1.54) is 13.3 Å². The summed E-state index contributed by atoms with van der Waals surface area (Å²) in [7, 11) is 3.11. The lowest BCUT2D eigenvalue weighted by Crippen LogP contribution is -2.20. The van der Waals surface area contributed by atoms with Crippen molar-refractivity contribution >= 4 is 23.1 Å². The second kappa shape index (κ2) is 8.61. The summed E-state index contributed by atoms with van der Waals surface area (Å²) in [5.74, 6) is -1.06. The van der Waals surface area contributed by atoms with Crippen molar-refractivity contribution < 1.29 is 18.3 Å². The van der Waals surface area contributed by atoms with Gasteiger partial charge >= 0.3 is 6.03 Å². The number of hydrogen-bond donors (Lipinski definition) is 3. The van der Waals surface area contributed by atoms with Crippen LogP contribution in [0.5, 0.6) is 5.75 Å². The van der Waals surface area contributed by atoms with Gasteiger partial charge in [-0.3, -0.25) is 4.99 Å². The number of nitrogens with zero attached hydrogens (tertiary/aromatic N) is 1. The van der Waals surface area contributed by atoms with E-state index < -0.39 is 17.7 Å². The highest BCUT2D eigenvalue weighted by Gasteiger charge is 2.12. The van der Waals surface area contributed by atoms with E-state index in [0.717, 1.165) is 12.1 Å². The molecule has 6 nitrogen and oxygen atoms in total. The lowest BCUT2D eigenvalue weighted by atomic mass is 10.1. The predicted octanol–water partition coefficient (Wildman–Crippen LogP) is 3.51. The first-order chi connectivity index (χ1) is 12.5. The van der Waals surface area contributed by atoms with Crippen LogP contribution in [0, 0.1) is 11.6 Å². The molecule has 0 aliphatic heterocycles. The number of halogens is 2. The number of ether oxygens (including phenoxy) is 1. The van der Waals surface area contributed by atoms with E-state index in [1.807, 2.05) is 0 Å². The van der Waals surface area contributed by atoms with E-state index in [1.54, 1.807) is 31.3 Å². The summed E-state index contributed by atoms with van der Waals surface area (Å²) in [5, 5.41) is 4.88. The van der Waals surface area contributed by atoms with Crippen molar-refractivity contribution in [1.82, 2.24) is 0 Å². The van der Waals surface area contributed by atoms with Gasteiger partial charge in [0.1, 0.15) is 17.4 Å². The van der Waals surface area contributed by atoms with Crippen molar-refractivity contribution in [1.29, 1.82) is 0 Å². The van der Waals surface area contributed by atoms with Crippen LogP contribution in [-0.2, 0) is 0 Å². The number of hydrogen-bond acceptors (Lipinski definition) is 4. The number of urea groups is 1. The van der Waals surface area contributed by atoms with Crippen LogP contribution in [0.15, 0.2) is 53.7 Å². The predicted molar refractivity (Wildman–Crippen MR) is 97.8 cm³/mol. The molecule has 0 aliphatic rings. The largest absolute Gasteiger partial charge is 0.496 e. The number of nitrogens with two attached hydrogens (primary N) is 1. The third-order valence-electron chi connectivity index (χ3n) is 3.41. The third kappa shape index (κ3) is 4.56. The molecular formula is C18H18F2N4O2. The van der Waals surface area contributed by atoms with E-state index >= 15 is 0 Å². The molecule has 136 valence electrons. The number of allylic oxidation sites excluding steroid dienone is 1. The minimum absolute atomic E-state index is 0.139. The van der Waals surface area contributed by atoms with Gasteiger partial charge in [-0.1, -0.05) is 0 Å². The van der Waals surface area contributed by atoms with Crippen molar-refractivity contribution in [2.24, 2.45) is 10.7 Å². The van der Waals surface area contributed by atoms with Crippen LogP contribution in [0.3, 0.4) is 0 Å². The molecule has 2 rings (SSSR count). The second-order valence-electron chi connectivity index (χ2n) is 5.09. The number of carbonyl (C=O) groups is 1. The summed E-state index contributed by atoms with van der Waals surface area (Å²) in [6.07, 6.45) is 2.93. The molecule has 0 heterocycles. The summed E-state index contributed by atoms with van der Waals surface area (Å²) in [6, 6.07) is 7.09. The zero-order valence-electron chi connectivity index (χ0n) is 14.2. The monoisotopic (exact) mass is 360 g/mol. The van der Waals surface area contributed by atoms with Gasteiger partial charge in [0.15, 0.2) is 0 Å². The molecule has 4 N–H and O–H groups in total. The molecule has 0 atom stereocenters. The topological polar surface area (TPSA) is 88.7 Å². The maximum atomic E-state index is 13.6. The smallest absolute Gasteiger partial charge is 0.323 e. The SMILES string of the molecule is CN=C(C=CN)c1cc(NC(=O)Nc2ccc(F)cc2F)ccc1OC. The van der Waals surface area contributed by atoms with E-state index in [2.05, 4.69) is 15.6 Å². The molecular weight excluding hydrogens is 342 g/mol. The van der Waals surface area contributed by atoms with Gasteiger partial charge in [-0.25, -0.2) is 13.6 Å². The Balaban J connectivity index is 2.22. The van der Waals surface area contributed by atoms with E-state index in [-0.39, 0.29) is 5.69 Å². The normalized spacial score (nSPS) is 11.5. The summed E-state index contributed by atoms with van der Waals surface area (Å²) in [6.45, 7) is 0. The summed E-state index contributed by atoms with van der Waals surface area (Å²) in [4.78, 5) is 16.2. The van der Waals surface area contributed by atoms with Crippen molar-refractivity contribution in [3.05, 3.63) is 65.9 Å². The van der Waals surface area contributed by atoms with E-state index in [0.29, 0.717) is 28.8 Å². The molecule has 0 saturated heterocycles. The van der Waals surface area contributed by atoms with Gasteiger partial charge in [0.05, 0.1) is 18.5 Å². The number of carbonyl (C=O) groups excluding carboxylic acids is 1. The van der Waals surface area contributed by atoms with E-state index in [9.17, 15) is 13.6 Å². The second-order valence-corrected chi connectivity index (χ2v) is 5.09. The number of methoxy groups -OCH3 is 1. The van der Waals surface area contributed by atoms with Crippen molar-refractivity contribution in [3.8, 4) is 5.75 Å². The average Bonchev–Trinajstić information content (AvgIpc) is 2.62. The maximum absolute atomic E-state index is 13.6. The maximum Gasteiger partial charge on any atom is 0.323 e. The molecule has 8 heteroatoms. The molecule has 0 fully saturated rings. The van der Waals surface area contributed by atoms with Crippen LogP contribution in [0.25, 0.3) is 0 Å². The molecule has 0 spiro atoms. The van der Waals surface area contributed by atoms with Gasteiger partial charge in [0, 0.05) is 24.4 Å². The Morgan fingerprint density at radius 1 is 1.19 bits per heavy atom. The third-order valence-corrected chi connectivity index (χ3v) is 3.41. The highest BCUT2D eigenvalue weighted by molar-refractivity contribution is 6.11.